The highest BCUT2D eigenvalue weighted by Gasteiger charge is 2.31. The zero-order valence-corrected chi connectivity index (χ0v) is 11.2. The predicted molar refractivity (Wildman–Crippen MR) is 66.0 cm³/mol. The van der Waals surface area contributed by atoms with E-state index < -0.39 is 12.1 Å². The maximum absolute atomic E-state index is 11.5. The van der Waals surface area contributed by atoms with Gasteiger partial charge in [-0.2, -0.15) is 0 Å². The highest BCUT2D eigenvalue weighted by Crippen LogP contribution is 2.46. The van der Waals surface area contributed by atoms with Gasteiger partial charge in [-0.15, -0.1) is 0 Å². The van der Waals surface area contributed by atoms with E-state index in [-0.39, 0.29) is 22.1 Å². The number of aliphatic hydroxyl groups excluding tert-OH is 1. The van der Waals surface area contributed by atoms with Gasteiger partial charge >= 0.3 is 5.97 Å². The first-order valence-electron chi connectivity index (χ1n) is 5.52. The van der Waals surface area contributed by atoms with Gasteiger partial charge in [-0.05, 0) is 0 Å². The number of halogens is 1. The van der Waals surface area contributed by atoms with Crippen LogP contribution in [0.4, 0.5) is 0 Å². The number of fused-ring (bicyclic) bond motifs is 1. The molecule has 0 saturated heterocycles. The van der Waals surface area contributed by atoms with Crippen molar-refractivity contribution in [3.63, 3.8) is 0 Å². The third-order valence-corrected chi connectivity index (χ3v) is 3.08. The Labute approximate surface area is 114 Å². The van der Waals surface area contributed by atoms with Crippen LogP contribution in [0.1, 0.15) is 11.7 Å². The van der Waals surface area contributed by atoms with Crippen LogP contribution in [0.3, 0.4) is 0 Å². The van der Waals surface area contributed by atoms with Crippen LogP contribution in [0.25, 0.3) is 0 Å². The minimum Gasteiger partial charge on any atom is -0.495 e. The molecule has 1 N–H and O–H groups in total. The molecule has 7 heteroatoms. The zero-order chi connectivity index (χ0) is 14.0. The molecule has 1 aliphatic rings. The molecule has 1 aliphatic heterocycles. The van der Waals surface area contributed by atoms with E-state index in [1.54, 1.807) is 6.07 Å². The molecule has 104 valence electrons. The summed E-state index contributed by atoms with van der Waals surface area (Å²) in [6, 6.07) is 1.55. The first-order chi connectivity index (χ1) is 9.10. The lowest BCUT2D eigenvalue weighted by molar-refractivity contribution is -0.150. The number of ether oxygens (including phenoxy) is 4. The van der Waals surface area contributed by atoms with Crippen molar-refractivity contribution in [2.24, 2.45) is 0 Å². The summed E-state index contributed by atoms with van der Waals surface area (Å²) in [7, 11) is 2.59. The molecule has 0 saturated carbocycles. The molecule has 19 heavy (non-hydrogen) atoms. The topological polar surface area (TPSA) is 74.2 Å². The maximum Gasteiger partial charge on any atom is 0.339 e. The minimum absolute atomic E-state index is 0.0857. The van der Waals surface area contributed by atoms with Gasteiger partial charge in [-0.1, -0.05) is 11.6 Å². The Hall–Kier alpha value is -1.66. The van der Waals surface area contributed by atoms with Gasteiger partial charge in [0.25, 0.3) is 0 Å². The van der Waals surface area contributed by atoms with E-state index in [2.05, 4.69) is 4.74 Å². The molecule has 0 bridgehead atoms. The van der Waals surface area contributed by atoms with Crippen LogP contribution in [0.2, 0.25) is 5.02 Å². The zero-order valence-electron chi connectivity index (χ0n) is 10.4. The van der Waals surface area contributed by atoms with Crippen molar-refractivity contribution in [2.75, 3.05) is 27.4 Å². The van der Waals surface area contributed by atoms with Gasteiger partial charge in [0.2, 0.25) is 0 Å². The van der Waals surface area contributed by atoms with Crippen molar-refractivity contribution in [1.29, 1.82) is 0 Å². The van der Waals surface area contributed by atoms with Crippen LogP contribution in [-0.2, 0) is 9.53 Å². The summed E-state index contributed by atoms with van der Waals surface area (Å²) >= 11 is 6.11. The first-order valence-corrected chi connectivity index (χ1v) is 5.89. The Morgan fingerprint density at radius 3 is 2.74 bits per heavy atom. The number of rotatable bonds is 3. The number of benzene rings is 1. The average molecular weight is 289 g/mol. The van der Waals surface area contributed by atoms with E-state index >= 15 is 0 Å². The van der Waals surface area contributed by atoms with Gasteiger partial charge < -0.3 is 24.1 Å². The van der Waals surface area contributed by atoms with Gasteiger partial charge in [0, 0.05) is 6.07 Å². The summed E-state index contributed by atoms with van der Waals surface area (Å²) in [5, 5.41) is 10.1. The standard InChI is InChI=1S/C12H13ClO6/c1-16-6-5-7-11(19-4-3-18-7)8(9(6)13)10(14)12(15)17-2/h5,10,14H,3-4H2,1-2H3. The largest absolute Gasteiger partial charge is 0.495 e. The Morgan fingerprint density at radius 2 is 2.11 bits per heavy atom. The number of carbonyl (C=O) groups excluding carboxylic acids is 1. The van der Waals surface area contributed by atoms with Crippen LogP contribution < -0.4 is 14.2 Å². The second-order valence-electron chi connectivity index (χ2n) is 3.76. The third-order valence-electron chi connectivity index (χ3n) is 2.69. The molecule has 0 amide bonds. The molecule has 0 aliphatic carbocycles. The first kappa shape index (κ1) is 13.8. The number of esters is 1. The number of hydrogen-bond donors (Lipinski definition) is 1. The van der Waals surface area contributed by atoms with E-state index in [0.717, 1.165) is 0 Å². The molecule has 6 nitrogen and oxygen atoms in total. The van der Waals surface area contributed by atoms with Crippen molar-refractivity contribution in [3.8, 4) is 17.2 Å². The number of methoxy groups -OCH3 is 2. The fraction of sp³-hybridized carbons (Fsp3) is 0.417. The normalized spacial score (nSPS) is 14.7. The molecule has 1 unspecified atom stereocenters. The van der Waals surface area contributed by atoms with Crippen LogP contribution in [0, 0.1) is 0 Å². The Kier molecular flexibility index (Phi) is 4.01. The number of hydrogen-bond acceptors (Lipinski definition) is 6. The monoisotopic (exact) mass is 288 g/mol. The Morgan fingerprint density at radius 1 is 1.42 bits per heavy atom. The summed E-state index contributed by atoms with van der Waals surface area (Å²) in [4.78, 5) is 11.5. The molecule has 1 heterocycles. The van der Waals surface area contributed by atoms with Crippen molar-refractivity contribution in [3.05, 3.63) is 16.7 Å². The lowest BCUT2D eigenvalue weighted by atomic mass is 10.1. The summed E-state index contributed by atoms with van der Waals surface area (Å²) < 4.78 is 20.4. The van der Waals surface area contributed by atoms with Gasteiger partial charge in [0.15, 0.2) is 17.6 Å². The second-order valence-corrected chi connectivity index (χ2v) is 4.13. The van der Waals surface area contributed by atoms with Gasteiger partial charge in [-0.25, -0.2) is 4.79 Å². The van der Waals surface area contributed by atoms with Crippen molar-refractivity contribution in [1.82, 2.24) is 0 Å². The lowest BCUT2D eigenvalue weighted by Gasteiger charge is -2.24. The molecule has 1 atom stereocenters. The predicted octanol–water partition coefficient (Wildman–Crippen LogP) is 1.33. The molecule has 0 radical (unpaired) electrons. The van der Waals surface area contributed by atoms with Gasteiger partial charge in [0.1, 0.15) is 19.0 Å². The molecule has 0 fully saturated rings. The van der Waals surface area contributed by atoms with E-state index in [9.17, 15) is 9.90 Å². The summed E-state index contributed by atoms with van der Waals surface area (Å²) in [5.41, 5.74) is 0.0857. The highest BCUT2D eigenvalue weighted by atomic mass is 35.5. The molecule has 1 aromatic rings. The van der Waals surface area contributed by atoms with Crippen LogP contribution in [0.5, 0.6) is 17.2 Å². The number of aliphatic hydroxyl groups is 1. The van der Waals surface area contributed by atoms with E-state index in [4.69, 9.17) is 25.8 Å². The van der Waals surface area contributed by atoms with Crippen LogP contribution in [0.15, 0.2) is 6.07 Å². The molecule has 0 spiro atoms. The smallest absolute Gasteiger partial charge is 0.339 e. The van der Waals surface area contributed by atoms with Gasteiger partial charge in [-0.3, -0.25) is 0 Å². The van der Waals surface area contributed by atoms with Crippen LogP contribution >= 0.6 is 11.6 Å². The molecule has 1 aromatic carbocycles. The van der Waals surface area contributed by atoms with E-state index in [1.165, 1.54) is 14.2 Å². The quantitative estimate of drug-likeness (QED) is 0.846. The number of carbonyl (C=O) groups is 1. The van der Waals surface area contributed by atoms with Crippen molar-refractivity contribution in [2.45, 2.75) is 6.10 Å². The molecule has 0 aromatic heterocycles. The van der Waals surface area contributed by atoms with E-state index in [1.807, 2.05) is 0 Å². The molecule has 2 rings (SSSR count). The minimum atomic E-state index is -1.57. The maximum atomic E-state index is 11.5. The fourth-order valence-corrected chi connectivity index (χ4v) is 2.11. The van der Waals surface area contributed by atoms with Crippen molar-refractivity contribution >= 4 is 17.6 Å². The van der Waals surface area contributed by atoms with Gasteiger partial charge in [0.05, 0.1) is 24.8 Å². The van der Waals surface area contributed by atoms with E-state index in [0.29, 0.717) is 19.0 Å². The Balaban J connectivity index is 2.59. The SMILES string of the molecule is COC(=O)C(O)c1c(Cl)c(OC)cc2c1OCCO2. The second kappa shape index (κ2) is 5.54. The summed E-state index contributed by atoms with van der Waals surface area (Å²) in [6.07, 6.45) is -1.57. The molecular weight excluding hydrogens is 276 g/mol. The third kappa shape index (κ3) is 2.41. The summed E-state index contributed by atoms with van der Waals surface area (Å²) in [5.74, 6) is 0.0378. The van der Waals surface area contributed by atoms with Crippen LogP contribution in [-0.4, -0.2) is 38.5 Å². The highest BCUT2D eigenvalue weighted by molar-refractivity contribution is 6.33. The molecular formula is C12H13ClO6. The lowest BCUT2D eigenvalue weighted by Crippen LogP contribution is -2.21. The fourth-order valence-electron chi connectivity index (χ4n) is 1.79. The Bertz CT molecular complexity index is 501. The summed E-state index contributed by atoms with van der Waals surface area (Å²) in [6.45, 7) is 0.669. The average Bonchev–Trinajstić information content (AvgIpc) is 2.45. The van der Waals surface area contributed by atoms with Crippen molar-refractivity contribution < 1.29 is 28.8 Å².